The average Bonchev–Trinajstić information content (AvgIpc) is 2.11. The number of aromatic hydroxyl groups is 1. The van der Waals surface area contributed by atoms with Crippen LogP contribution in [-0.2, 0) is 5.41 Å². The van der Waals surface area contributed by atoms with Crippen molar-refractivity contribution in [1.29, 1.82) is 5.26 Å². The van der Waals surface area contributed by atoms with E-state index >= 15 is 0 Å². The van der Waals surface area contributed by atoms with Gasteiger partial charge >= 0.3 is 0 Å². The first kappa shape index (κ1) is 9.54. The highest BCUT2D eigenvalue weighted by Gasteiger charge is 2.40. The number of hydrogen-bond donors (Lipinski definition) is 1. The quantitative estimate of drug-likeness (QED) is 0.834. The molecule has 1 N–H and O–H groups in total. The SMILES string of the molecule is N#CC1(c2cccc(O)c2Br)CCC1. The maximum absolute atomic E-state index is 9.52. The Kier molecular flexibility index (Phi) is 2.24. The normalized spacial score (nSPS) is 18.3. The third-order valence-corrected chi connectivity index (χ3v) is 3.75. The maximum atomic E-state index is 9.52. The van der Waals surface area contributed by atoms with Crippen molar-refractivity contribution >= 4 is 15.9 Å². The Morgan fingerprint density at radius 1 is 1.43 bits per heavy atom. The summed E-state index contributed by atoms with van der Waals surface area (Å²) in [6.07, 6.45) is 2.88. The third-order valence-electron chi connectivity index (χ3n) is 2.92. The number of phenolic OH excluding ortho intramolecular Hbond substituents is 1. The van der Waals surface area contributed by atoms with Crippen LogP contribution in [0.5, 0.6) is 5.75 Å². The van der Waals surface area contributed by atoms with E-state index in [-0.39, 0.29) is 11.2 Å². The molecular weight excluding hydrogens is 242 g/mol. The van der Waals surface area contributed by atoms with E-state index < -0.39 is 0 Å². The Hall–Kier alpha value is -1.01. The minimum Gasteiger partial charge on any atom is -0.507 e. The highest BCUT2D eigenvalue weighted by molar-refractivity contribution is 9.10. The van der Waals surface area contributed by atoms with Gasteiger partial charge < -0.3 is 5.11 Å². The van der Waals surface area contributed by atoms with Gasteiger partial charge in [0.05, 0.1) is 16.0 Å². The van der Waals surface area contributed by atoms with E-state index in [4.69, 9.17) is 5.26 Å². The Morgan fingerprint density at radius 3 is 2.64 bits per heavy atom. The molecule has 0 aliphatic heterocycles. The Bertz CT molecular complexity index is 404. The van der Waals surface area contributed by atoms with Crippen molar-refractivity contribution in [3.8, 4) is 11.8 Å². The van der Waals surface area contributed by atoms with Crippen molar-refractivity contribution in [1.82, 2.24) is 0 Å². The minimum atomic E-state index is -0.364. The molecule has 0 amide bonds. The fourth-order valence-corrected chi connectivity index (χ4v) is 2.50. The molecule has 0 radical (unpaired) electrons. The fourth-order valence-electron chi connectivity index (χ4n) is 1.86. The molecule has 1 saturated carbocycles. The first-order valence-electron chi connectivity index (χ1n) is 4.59. The van der Waals surface area contributed by atoms with Gasteiger partial charge in [0.25, 0.3) is 0 Å². The van der Waals surface area contributed by atoms with Crippen LogP contribution in [0.15, 0.2) is 22.7 Å². The monoisotopic (exact) mass is 251 g/mol. The molecule has 0 heterocycles. The Labute approximate surface area is 91.3 Å². The molecule has 1 aliphatic rings. The van der Waals surface area contributed by atoms with Gasteiger partial charge in [-0.1, -0.05) is 12.1 Å². The summed E-state index contributed by atoms with van der Waals surface area (Å²) in [6.45, 7) is 0. The van der Waals surface area contributed by atoms with Gasteiger partial charge in [0, 0.05) is 0 Å². The van der Waals surface area contributed by atoms with Crippen LogP contribution in [0.2, 0.25) is 0 Å². The van der Waals surface area contributed by atoms with Crippen molar-refractivity contribution in [3.63, 3.8) is 0 Å². The Morgan fingerprint density at radius 2 is 2.14 bits per heavy atom. The molecule has 0 saturated heterocycles. The molecule has 1 fully saturated rings. The Balaban J connectivity index is 2.51. The van der Waals surface area contributed by atoms with Gasteiger partial charge in [-0.05, 0) is 46.8 Å². The zero-order chi connectivity index (χ0) is 10.2. The van der Waals surface area contributed by atoms with Gasteiger partial charge in [-0.15, -0.1) is 0 Å². The average molecular weight is 252 g/mol. The van der Waals surface area contributed by atoms with Crippen LogP contribution in [-0.4, -0.2) is 5.11 Å². The van der Waals surface area contributed by atoms with Gasteiger partial charge in [0.15, 0.2) is 0 Å². The van der Waals surface area contributed by atoms with E-state index in [0.29, 0.717) is 4.47 Å². The summed E-state index contributed by atoms with van der Waals surface area (Å²) < 4.78 is 0.668. The minimum absolute atomic E-state index is 0.212. The summed E-state index contributed by atoms with van der Waals surface area (Å²) in [7, 11) is 0. The van der Waals surface area contributed by atoms with E-state index in [1.54, 1.807) is 12.1 Å². The highest BCUT2D eigenvalue weighted by Crippen LogP contribution is 2.47. The smallest absolute Gasteiger partial charge is 0.130 e. The first-order chi connectivity index (χ1) is 6.69. The molecule has 2 nitrogen and oxygen atoms in total. The largest absolute Gasteiger partial charge is 0.507 e. The number of benzene rings is 1. The fraction of sp³-hybridized carbons (Fsp3) is 0.364. The lowest BCUT2D eigenvalue weighted by molar-refractivity contribution is 0.321. The second-order valence-electron chi connectivity index (χ2n) is 3.69. The molecule has 1 aliphatic carbocycles. The molecule has 2 rings (SSSR count). The summed E-state index contributed by atoms with van der Waals surface area (Å²) >= 11 is 3.33. The van der Waals surface area contributed by atoms with Gasteiger partial charge in [-0.25, -0.2) is 0 Å². The molecule has 0 bridgehead atoms. The van der Waals surface area contributed by atoms with Crippen LogP contribution in [0.4, 0.5) is 0 Å². The summed E-state index contributed by atoms with van der Waals surface area (Å²) in [5.41, 5.74) is 0.559. The van der Waals surface area contributed by atoms with Crippen molar-refractivity contribution in [3.05, 3.63) is 28.2 Å². The van der Waals surface area contributed by atoms with Crippen molar-refractivity contribution < 1.29 is 5.11 Å². The van der Waals surface area contributed by atoms with Gasteiger partial charge in [-0.2, -0.15) is 5.26 Å². The predicted octanol–water partition coefficient (Wildman–Crippen LogP) is 3.10. The van der Waals surface area contributed by atoms with E-state index in [1.165, 1.54) is 0 Å². The summed E-state index contributed by atoms with van der Waals surface area (Å²) in [6, 6.07) is 7.67. The topological polar surface area (TPSA) is 44.0 Å². The lowest BCUT2D eigenvalue weighted by Crippen LogP contribution is -2.32. The standard InChI is InChI=1S/C11H10BrNO/c12-10-8(3-1-4-9(10)14)11(7-13)5-2-6-11/h1,3-4,14H,2,5-6H2. The van der Waals surface area contributed by atoms with E-state index in [0.717, 1.165) is 24.8 Å². The van der Waals surface area contributed by atoms with Crippen LogP contribution in [0.3, 0.4) is 0 Å². The summed E-state index contributed by atoms with van der Waals surface area (Å²) in [5, 5.41) is 18.7. The van der Waals surface area contributed by atoms with Crippen LogP contribution in [0.25, 0.3) is 0 Å². The molecule has 0 unspecified atom stereocenters. The zero-order valence-electron chi connectivity index (χ0n) is 7.63. The number of phenols is 1. The van der Waals surface area contributed by atoms with E-state index in [2.05, 4.69) is 22.0 Å². The van der Waals surface area contributed by atoms with Crippen LogP contribution >= 0.6 is 15.9 Å². The van der Waals surface area contributed by atoms with Crippen molar-refractivity contribution in [2.24, 2.45) is 0 Å². The number of rotatable bonds is 1. The molecule has 14 heavy (non-hydrogen) atoms. The second-order valence-corrected chi connectivity index (χ2v) is 4.48. The number of nitriles is 1. The van der Waals surface area contributed by atoms with E-state index in [1.807, 2.05) is 6.07 Å². The number of hydrogen-bond acceptors (Lipinski definition) is 2. The van der Waals surface area contributed by atoms with Gasteiger partial charge in [-0.3, -0.25) is 0 Å². The molecule has 0 atom stereocenters. The van der Waals surface area contributed by atoms with Crippen LogP contribution in [0.1, 0.15) is 24.8 Å². The van der Waals surface area contributed by atoms with Crippen molar-refractivity contribution in [2.45, 2.75) is 24.7 Å². The molecule has 0 aromatic heterocycles. The third kappa shape index (κ3) is 1.22. The lowest BCUT2D eigenvalue weighted by atomic mass is 9.65. The van der Waals surface area contributed by atoms with Crippen LogP contribution in [0, 0.1) is 11.3 Å². The van der Waals surface area contributed by atoms with Gasteiger partial charge in [0.2, 0.25) is 0 Å². The van der Waals surface area contributed by atoms with Crippen molar-refractivity contribution in [2.75, 3.05) is 0 Å². The second kappa shape index (κ2) is 3.29. The highest BCUT2D eigenvalue weighted by atomic mass is 79.9. The molecule has 72 valence electrons. The number of halogens is 1. The summed E-state index contributed by atoms with van der Waals surface area (Å²) in [5.74, 6) is 0.212. The van der Waals surface area contributed by atoms with Crippen LogP contribution < -0.4 is 0 Å². The molecule has 3 heteroatoms. The van der Waals surface area contributed by atoms with Gasteiger partial charge in [0.1, 0.15) is 5.75 Å². The molecular formula is C11H10BrNO. The zero-order valence-corrected chi connectivity index (χ0v) is 9.21. The molecule has 1 aromatic carbocycles. The molecule has 0 spiro atoms. The summed E-state index contributed by atoms with van der Waals surface area (Å²) in [4.78, 5) is 0. The number of nitrogens with zero attached hydrogens (tertiary/aromatic N) is 1. The first-order valence-corrected chi connectivity index (χ1v) is 5.38. The lowest BCUT2D eigenvalue weighted by Gasteiger charge is -2.36. The van der Waals surface area contributed by atoms with E-state index in [9.17, 15) is 5.11 Å². The molecule has 1 aromatic rings. The maximum Gasteiger partial charge on any atom is 0.130 e. The predicted molar refractivity (Wildman–Crippen MR) is 56.9 cm³/mol.